The van der Waals surface area contributed by atoms with E-state index in [0.717, 1.165) is 0 Å². The molecule has 0 bridgehead atoms. The third kappa shape index (κ3) is 0.833. The van der Waals surface area contributed by atoms with E-state index in [4.69, 9.17) is 5.11 Å². The van der Waals surface area contributed by atoms with Crippen molar-refractivity contribution >= 4 is 11.6 Å². The number of aromatic nitrogens is 3. The Labute approximate surface area is 67.3 Å². The van der Waals surface area contributed by atoms with Crippen LogP contribution in [0.25, 0.3) is 5.65 Å². The van der Waals surface area contributed by atoms with E-state index in [2.05, 4.69) is 9.97 Å². The highest BCUT2D eigenvalue weighted by molar-refractivity contribution is 5.84. The molecule has 0 aliphatic rings. The van der Waals surface area contributed by atoms with Gasteiger partial charge in [0.15, 0.2) is 5.65 Å². The molecule has 1 N–H and O–H groups in total. The molecule has 0 saturated carbocycles. The predicted molar refractivity (Wildman–Crippen MR) is 39.9 cm³/mol. The minimum atomic E-state index is -1.05. The van der Waals surface area contributed by atoms with Crippen LogP contribution in [0.15, 0.2) is 24.7 Å². The van der Waals surface area contributed by atoms with Crippen LogP contribution in [0, 0.1) is 0 Å². The number of carboxylic acid groups (broad SMARTS) is 1. The number of fused-ring (bicyclic) bond motifs is 1. The van der Waals surface area contributed by atoms with E-state index >= 15 is 0 Å². The average Bonchev–Trinajstić information content (AvgIpc) is 2.47. The van der Waals surface area contributed by atoms with Crippen LogP contribution < -0.4 is 0 Å². The molecule has 12 heavy (non-hydrogen) atoms. The first-order valence-electron chi connectivity index (χ1n) is 3.30. The molecule has 0 radical (unpaired) electrons. The first kappa shape index (κ1) is 6.78. The maximum absolute atomic E-state index is 10.6. The topological polar surface area (TPSA) is 67.5 Å². The van der Waals surface area contributed by atoms with Crippen molar-refractivity contribution in [2.24, 2.45) is 0 Å². The standard InChI is InChI=1S/C7H5N3O2/c11-7(12)6-9-4-5-8-2-1-3-10(5)6/h1-4H,(H,11,12). The molecule has 5 heteroatoms. The van der Waals surface area contributed by atoms with E-state index in [1.807, 2.05) is 0 Å². The predicted octanol–water partition coefficient (Wildman–Crippen LogP) is 0.427. The molecule has 0 saturated heterocycles. The SMILES string of the molecule is O=C(O)c1ncc2ncccn12. The molecule has 0 aromatic carbocycles. The van der Waals surface area contributed by atoms with E-state index in [9.17, 15) is 4.79 Å². The van der Waals surface area contributed by atoms with Gasteiger partial charge >= 0.3 is 5.97 Å². The zero-order valence-electron chi connectivity index (χ0n) is 6.01. The molecule has 2 heterocycles. The lowest BCUT2D eigenvalue weighted by atomic mass is 10.6. The zero-order valence-corrected chi connectivity index (χ0v) is 6.01. The van der Waals surface area contributed by atoms with Crippen LogP contribution in [0.1, 0.15) is 10.6 Å². The van der Waals surface area contributed by atoms with E-state index in [-0.39, 0.29) is 5.82 Å². The van der Waals surface area contributed by atoms with Gasteiger partial charge in [0, 0.05) is 12.4 Å². The summed E-state index contributed by atoms with van der Waals surface area (Å²) in [5.74, 6) is -1.07. The quantitative estimate of drug-likeness (QED) is 0.661. The highest BCUT2D eigenvalue weighted by Gasteiger charge is 2.09. The van der Waals surface area contributed by atoms with E-state index in [0.29, 0.717) is 5.65 Å². The van der Waals surface area contributed by atoms with Crippen molar-refractivity contribution in [1.82, 2.24) is 14.4 Å². The van der Waals surface area contributed by atoms with Gasteiger partial charge in [0.25, 0.3) is 0 Å². The van der Waals surface area contributed by atoms with Gasteiger partial charge in [-0.05, 0) is 6.07 Å². The van der Waals surface area contributed by atoms with Crippen molar-refractivity contribution in [3.05, 3.63) is 30.5 Å². The summed E-state index contributed by atoms with van der Waals surface area (Å²) in [7, 11) is 0. The second-order valence-corrected chi connectivity index (χ2v) is 2.23. The highest BCUT2D eigenvalue weighted by Crippen LogP contribution is 2.02. The van der Waals surface area contributed by atoms with Crippen molar-refractivity contribution in [2.75, 3.05) is 0 Å². The Bertz CT molecular complexity index is 435. The van der Waals surface area contributed by atoms with Crippen molar-refractivity contribution in [1.29, 1.82) is 0 Å². The number of imidazole rings is 1. The Morgan fingerprint density at radius 3 is 3.08 bits per heavy atom. The lowest BCUT2D eigenvalue weighted by Gasteiger charge is -1.92. The van der Waals surface area contributed by atoms with Crippen molar-refractivity contribution in [3.63, 3.8) is 0 Å². The summed E-state index contributed by atoms with van der Waals surface area (Å²) in [6.45, 7) is 0. The van der Waals surface area contributed by atoms with E-state index in [1.165, 1.54) is 10.6 Å². The second kappa shape index (κ2) is 2.30. The number of carbonyl (C=O) groups is 1. The lowest BCUT2D eigenvalue weighted by molar-refractivity contribution is 0.0683. The Kier molecular flexibility index (Phi) is 1.30. The number of nitrogens with zero attached hydrogens (tertiary/aromatic N) is 3. The van der Waals surface area contributed by atoms with Crippen molar-refractivity contribution < 1.29 is 9.90 Å². The van der Waals surface area contributed by atoms with Crippen LogP contribution in [0.5, 0.6) is 0 Å². The summed E-state index contributed by atoms with van der Waals surface area (Å²) >= 11 is 0. The van der Waals surface area contributed by atoms with Crippen LogP contribution in [0.3, 0.4) is 0 Å². The monoisotopic (exact) mass is 163 g/mol. The van der Waals surface area contributed by atoms with Crippen molar-refractivity contribution in [3.8, 4) is 0 Å². The molecule has 60 valence electrons. The summed E-state index contributed by atoms with van der Waals surface area (Å²) in [5, 5.41) is 8.66. The van der Waals surface area contributed by atoms with Crippen LogP contribution in [-0.4, -0.2) is 25.4 Å². The molecule has 0 aliphatic carbocycles. The van der Waals surface area contributed by atoms with Gasteiger partial charge in [-0.2, -0.15) is 0 Å². The fraction of sp³-hybridized carbons (Fsp3) is 0. The third-order valence-corrected chi connectivity index (χ3v) is 1.50. The van der Waals surface area contributed by atoms with Gasteiger partial charge in [0.2, 0.25) is 5.82 Å². The maximum atomic E-state index is 10.6. The number of carboxylic acids is 1. The fourth-order valence-corrected chi connectivity index (χ4v) is 0.997. The first-order valence-corrected chi connectivity index (χ1v) is 3.30. The van der Waals surface area contributed by atoms with Gasteiger partial charge in [0.1, 0.15) is 0 Å². The second-order valence-electron chi connectivity index (χ2n) is 2.23. The third-order valence-electron chi connectivity index (χ3n) is 1.50. The molecule has 0 amide bonds. The minimum Gasteiger partial charge on any atom is -0.475 e. The molecule has 2 aromatic heterocycles. The van der Waals surface area contributed by atoms with Crippen molar-refractivity contribution in [2.45, 2.75) is 0 Å². The van der Waals surface area contributed by atoms with Gasteiger partial charge in [0.05, 0.1) is 6.20 Å². The summed E-state index contributed by atoms with van der Waals surface area (Å²) in [4.78, 5) is 18.2. The van der Waals surface area contributed by atoms with Crippen LogP contribution >= 0.6 is 0 Å². The molecule has 0 spiro atoms. The van der Waals surface area contributed by atoms with E-state index < -0.39 is 5.97 Å². The lowest BCUT2D eigenvalue weighted by Crippen LogP contribution is -2.03. The largest absolute Gasteiger partial charge is 0.475 e. The number of aromatic carboxylic acids is 1. The maximum Gasteiger partial charge on any atom is 0.372 e. The normalized spacial score (nSPS) is 10.3. The molecule has 0 aliphatic heterocycles. The Morgan fingerprint density at radius 2 is 2.33 bits per heavy atom. The Balaban J connectivity index is 2.79. The van der Waals surface area contributed by atoms with Crippen LogP contribution in [-0.2, 0) is 0 Å². The average molecular weight is 163 g/mol. The zero-order chi connectivity index (χ0) is 8.55. The molecule has 5 nitrogen and oxygen atoms in total. The molecular formula is C7H5N3O2. The molecular weight excluding hydrogens is 158 g/mol. The molecule has 0 atom stereocenters. The van der Waals surface area contributed by atoms with Gasteiger partial charge < -0.3 is 5.11 Å². The van der Waals surface area contributed by atoms with Gasteiger partial charge in [-0.1, -0.05) is 0 Å². The van der Waals surface area contributed by atoms with Gasteiger partial charge in [-0.25, -0.2) is 14.8 Å². The number of rotatable bonds is 1. The van der Waals surface area contributed by atoms with E-state index in [1.54, 1.807) is 18.5 Å². The number of hydrogen-bond donors (Lipinski definition) is 1. The van der Waals surface area contributed by atoms with Crippen LogP contribution in [0.2, 0.25) is 0 Å². The Morgan fingerprint density at radius 1 is 1.50 bits per heavy atom. The highest BCUT2D eigenvalue weighted by atomic mass is 16.4. The summed E-state index contributed by atoms with van der Waals surface area (Å²) in [6.07, 6.45) is 4.62. The fourth-order valence-electron chi connectivity index (χ4n) is 0.997. The molecule has 2 rings (SSSR count). The summed E-state index contributed by atoms with van der Waals surface area (Å²) in [5.41, 5.74) is 0.537. The van der Waals surface area contributed by atoms with Gasteiger partial charge in [-0.3, -0.25) is 4.40 Å². The summed E-state index contributed by atoms with van der Waals surface area (Å²) in [6, 6.07) is 1.65. The molecule has 2 aromatic rings. The molecule has 0 fully saturated rings. The first-order chi connectivity index (χ1) is 5.79. The Hall–Kier alpha value is -1.91. The minimum absolute atomic E-state index is 0.0156. The number of hydrogen-bond acceptors (Lipinski definition) is 3. The van der Waals surface area contributed by atoms with Gasteiger partial charge in [-0.15, -0.1) is 0 Å². The summed E-state index contributed by atoms with van der Waals surface area (Å²) < 4.78 is 1.42. The smallest absolute Gasteiger partial charge is 0.372 e. The van der Waals surface area contributed by atoms with Crippen LogP contribution in [0.4, 0.5) is 0 Å². The molecule has 0 unspecified atom stereocenters.